The molecule has 3 nitrogen and oxygen atoms in total. The van der Waals surface area contributed by atoms with E-state index in [1.54, 1.807) is 13.0 Å². The van der Waals surface area contributed by atoms with E-state index in [1.165, 1.54) is 0 Å². The Labute approximate surface area is 101 Å². The Morgan fingerprint density at radius 2 is 2.12 bits per heavy atom. The van der Waals surface area contributed by atoms with E-state index in [9.17, 15) is 4.79 Å². The highest BCUT2D eigenvalue weighted by molar-refractivity contribution is 6.03. The summed E-state index contributed by atoms with van der Waals surface area (Å²) in [5.41, 5.74) is 6.95. The van der Waals surface area contributed by atoms with Crippen LogP contribution in [0.5, 0.6) is 0 Å². The van der Waals surface area contributed by atoms with Gasteiger partial charge in [0.15, 0.2) is 5.76 Å². The molecule has 2 N–H and O–H groups in total. The molecule has 1 aromatic carbocycles. The van der Waals surface area contributed by atoms with Crippen LogP contribution in [0.3, 0.4) is 0 Å². The van der Waals surface area contributed by atoms with Gasteiger partial charge < -0.3 is 10.2 Å². The molecular formula is C14H17NO2. The van der Waals surface area contributed by atoms with Gasteiger partial charge in [-0.15, -0.1) is 0 Å². The third-order valence-electron chi connectivity index (χ3n) is 3.15. The molecule has 0 saturated heterocycles. The molecule has 0 radical (unpaired) electrons. The largest absolute Gasteiger partial charge is 0.453 e. The van der Waals surface area contributed by atoms with Crippen molar-refractivity contribution in [2.75, 3.05) is 0 Å². The minimum atomic E-state index is -0.858. The van der Waals surface area contributed by atoms with E-state index in [1.807, 2.05) is 32.0 Å². The number of benzene rings is 1. The average Bonchev–Trinajstić information content (AvgIpc) is 2.70. The maximum absolute atomic E-state index is 12.1. The summed E-state index contributed by atoms with van der Waals surface area (Å²) in [5.74, 6) is 0.200. The highest BCUT2D eigenvalue weighted by atomic mass is 16.3. The molecule has 1 heterocycles. The summed E-state index contributed by atoms with van der Waals surface area (Å²) in [7, 11) is 0. The lowest BCUT2D eigenvalue weighted by Gasteiger charge is -2.18. The summed E-state index contributed by atoms with van der Waals surface area (Å²) in [6.45, 7) is 5.63. The van der Waals surface area contributed by atoms with E-state index in [0.717, 1.165) is 16.5 Å². The van der Waals surface area contributed by atoms with Crippen LogP contribution in [0.1, 0.15) is 36.4 Å². The molecular weight excluding hydrogens is 214 g/mol. The molecule has 0 aliphatic heterocycles. The minimum absolute atomic E-state index is 0.145. The predicted octanol–water partition coefficient (Wildman–Crippen LogP) is 3.05. The third-order valence-corrected chi connectivity index (χ3v) is 3.15. The summed E-state index contributed by atoms with van der Waals surface area (Å²) in [6, 6.07) is 7.60. The van der Waals surface area contributed by atoms with E-state index in [-0.39, 0.29) is 5.78 Å². The summed E-state index contributed by atoms with van der Waals surface area (Å²) in [6.07, 6.45) is 0.585. The molecule has 0 aliphatic rings. The number of ketones is 1. The summed E-state index contributed by atoms with van der Waals surface area (Å²) < 4.78 is 5.54. The monoisotopic (exact) mass is 231 g/mol. The van der Waals surface area contributed by atoms with Gasteiger partial charge in [0, 0.05) is 5.39 Å². The van der Waals surface area contributed by atoms with E-state index in [2.05, 4.69) is 0 Å². The third kappa shape index (κ3) is 2.11. The Morgan fingerprint density at radius 1 is 1.41 bits per heavy atom. The zero-order chi connectivity index (χ0) is 12.6. The van der Waals surface area contributed by atoms with Crippen molar-refractivity contribution in [1.82, 2.24) is 0 Å². The second-order valence-corrected chi connectivity index (χ2v) is 4.75. The van der Waals surface area contributed by atoms with Crippen LogP contribution in [0.25, 0.3) is 11.0 Å². The maximum atomic E-state index is 12.1. The van der Waals surface area contributed by atoms with E-state index < -0.39 is 5.54 Å². The van der Waals surface area contributed by atoms with E-state index >= 15 is 0 Å². The molecule has 0 amide bonds. The van der Waals surface area contributed by atoms with Crippen LogP contribution in [0, 0.1) is 6.92 Å². The van der Waals surface area contributed by atoms with Crippen molar-refractivity contribution < 1.29 is 9.21 Å². The molecule has 0 spiro atoms. The average molecular weight is 231 g/mol. The van der Waals surface area contributed by atoms with Crippen LogP contribution in [0.15, 0.2) is 28.7 Å². The normalized spacial score (nSPS) is 14.8. The lowest BCUT2D eigenvalue weighted by atomic mass is 9.93. The van der Waals surface area contributed by atoms with Crippen molar-refractivity contribution >= 4 is 16.8 Å². The molecule has 2 aromatic rings. The highest BCUT2D eigenvalue weighted by Gasteiger charge is 2.29. The first-order valence-corrected chi connectivity index (χ1v) is 5.78. The van der Waals surface area contributed by atoms with E-state index in [0.29, 0.717) is 12.2 Å². The molecule has 3 heteroatoms. The lowest BCUT2D eigenvalue weighted by Crippen LogP contribution is -2.44. The predicted molar refractivity (Wildman–Crippen MR) is 68.2 cm³/mol. The summed E-state index contributed by atoms with van der Waals surface area (Å²) in [5, 5.41) is 0.945. The van der Waals surface area contributed by atoms with Crippen LogP contribution in [0.4, 0.5) is 0 Å². The zero-order valence-corrected chi connectivity index (χ0v) is 10.4. The number of hydrogen-bond donors (Lipinski definition) is 1. The molecule has 17 heavy (non-hydrogen) atoms. The zero-order valence-electron chi connectivity index (χ0n) is 10.4. The molecule has 2 rings (SSSR count). The number of fused-ring (bicyclic) bond motifs is 1. The Bertz CT molecular complexity index is 567. The number of rotatable bonds is 3. The molecule has 0 aliphatic carbocycles. The van der Waals surface area contributed by atoms with Gasteiger partial charge >= 0.3 is 0 Å². The summed E-state index contributed by atoms with van der Waals surface area (Å²) in [4.78, 5) is 12.1. The first-order valence-electron chi connectivity index (χ1n) is 5.78. The number of nitrogens with two attached hydrogens (primary N) is 1. The fourth-order valence-corrected chi connectivity index (χ4v) is 1.72. The number of carbonyl (C=O) groups excluding carboxylic acids is 1. The van der Waals surface area contributed by atoms with Gasteiger partial charge in [0.25, 0.3) is 0 Å². The fourth-order valence-electron chi connectivity index (χ4n) is 1.72. The SMILES string of the molecule is CCC(C)(N)C(=O)c1cc2cc(C)ccc2o1. The second kappa shape index (κ2) is 4.00. The standard InChI is InChI=1S/C14H17NO2/c1-4-14(3,15)13(16)12-8-10-7-9(2)5-6-11(10)17-12/h5-8H,4,15H2,1-3H3. The highest BCUT2D eigenvalue weighted by Crippen LogP contribution is 2.23. The Hall–Kier alpha value is -1.61. The quantitative estimate of drug-likeness (QED) is 0.826. The Kier molecular flexibility index (Phi) is 2.79. The first kappa shape index (κ1) is 11.9. The van der Waals surface area contributed by atoms with Crippen molar-refractivity contribution in [3.8, 4) is 0 Å². The van der Waals surface area contributed by atoms with Gasteiger partial charge in [-0.05, 0) is 38.5 Å². The Balaban J connectivity index is 2.47. The topological polar surface area (TPSA) is 56.2 Å². The molecule has 0 fully saturated rings. The van der Waals surface area contributed by atoms with Crippen LogP contribution in [0.2, 0.25) is 0 Å². The van der Waals surface area contributed by atoms with Crippen molar-refractivity contribution in [1.29, 1.82) is 0 Å². The maximum Gasteiger partial charge on any atom is 0.217 e. The molecule has 0 bridgehead atoms. The molecule has 90 valence electrons. The minimum Gasteiger partial charge on any atom is -0.453 e. The van der Waals surface area contributed by atoms with Crippen molar-refractivity contribution in [2.45, 2.75) is 32.7 Å². The van der Waals surface area contributed by atoms with Gasteiger partial charge in [0.1, 0.15) is 5.58 Å². The summed E-state index contributed by atoms with van der Waals surface area (Å²) >= 11 is 0. The number of carbonyl (C=O) groups is 1. The van der Waals surface area contributed by atoms with E-state index in [4.69, 9.17) is 10.2 Å². The van der Waals surface area contributed by atoms with Crippen LogP contribution >= 0.6 is 0 Å². The van der Waals surface area contributed by atoms with Gasteiger partial charge in [-0.25, -0.2) is 0 Å². The number of aryl methyl sites for hydroxylation is 1. The number of furan rings is 1. The Morgan fingerprint density at radius 3 is 2.76 bits per heavy atom. The van der Waals surface area contributed by atoms with Crippen molar-refractivity contribution in [2.24, 2.45) is 5.73 Å². The van der Waals surface area contributed by atoms with Crippen LogP contribution in [-0.2, 0) is 0 Å². The van der Waals surface area contributed by atoms with Crippen molar-refractivity contribution in [3.63, 3.8) is 0 Å². The molecule has 1 aromatic heterocycles. The molecule has 1 atom stereocenters. The van der Waals surface area contributed by atoms with Crippen LogP contribution in [-0.4, -0.2) is 11.3 Å². The van der Waals surface area contributed by atoms with Gasteiger partial charge in [-0.1, -0.05) is 18.6 Å². The second-order valence-electron chi connectivity index (χ2n) is 4.75. The van der Waals surface area contributed by atoms with Gasteiger partial charge in [-0.3, -0.25) is 4.79 Å². The smallest absolute Gasteiger partial charge is 0.217 e. The molecule has 0 saturated carbocycles. The first-order chi connectivity index (χ1) is 7.94. The number of hydrogen-bond acceptors (Lipinski definition) is 3. The van der Waals surface area contributed by atoms with Gasteiger partial charge in [0.2, 0.25) is 5.78 Å². The van der Waals surface area contributed by atoms with Crippen LogP contribution < -0.4 is 5.73 Å². The molecule has 1 unspecified atom stereocenters. The number of Topliss-reactive ketones (excluding diaryl/α,β-unsaturated/α-hetero) is 1. The lowest BCUT2D eigenvalue weighted by molar-refractivity contribution is 0.0871. The van der Waals surface area contributed by atoms with Gasteiger partial charge in [0.05, 0.1) is 5.54 Å². The fraction of sp³-hybridized carbons (Fsp3) is 0.357. The van der Waals surface area contributed by atoms with Crippen molar-refractivity contribution in [3.05, 3.63) is 35.6 Å². The van der Waals surface area contributed by atoms with Gasteiger partial charge in [-0.2, -0.15) is 0 Å².